The molecule has 3 heterocycles. The molecule has 6 heteroatoms. The number of hydrogen-bond donors (Lipinski definition) is 3. The molecule has 2 aliphatic heterocycles. The Balaban J connectivity index is 1.62. The minimum absolute atomic E-state index is 0.382. The molecule has 1 fully saturated rings. The molecule has 0 saturated carbocycles. The minimum atomic E-state index is 0.382. The van der Waals surface area contributed by atoms with Crippen molar-refractivity contribution in [3.63, 3.8) is 0 Å². The molecule has 0 bridgehead atoms. The standard InChI is InChI=1S/C22H30N6/c1-3-4-17(6-5-16(2)13-23)14-28-11-8-18(9-12-28)20(24)21-19-7-10-25-22(19)27-15-26-21/h5-7,10,15,18,25H,3-4,8-9,11-12,14,24H2,1-2H3,(H,26,27)/b16-5+,17-6+,21-20-. The van der Waals surface area contributed by atoms with Crippen LogP contribution in [0.2, 0.25) is 0 Å². The molecule has 1 aromatic heterocycles. The number of fused-ring (bicyclic) bond motifs is 1. The van der Waals surface area contributed by atoms with E-state index in [4.69, 9.17) is 11.0 Å². The first kappa shape index (κ1) is 20.0. The lowest BCUT2D eigenvalue weighted by molar-refractivity contribution is 0.211. The summed E-state index contributed by atoms with van der Waals surface area (Å²) in [7, 11) is 0. The van der Waals surface area contributed by atoms with Crippen molar-refractivity contribution in [1.82, 2.24) is 15.2 Å². The zero-order valence-electron chi connectivity index (χ0n) is 16.8. The molecular formula is C22H30N6. The second kappa shape index (κ2) is 9.43. The van der Waals surface area contributed by atoms with Gasteiger partial charge >= 0.3 is 0 Å². The van der Waals surface area contributed by atoms with E-state index in [-0.39, 0.29) is 0 Å². The molecule has 1 aromatic rings. The second-order valence-electron chi connectivity index (χ2n) is 7.56. The number of likely N-dealkylation sites (tertiary alicyclic amines) is 1. The average Bonchev–Trinajstić information content (AvgIpc) is 3.21. The van der Waals surface area contributed by atoms with E-state index in [0.29, 0.717) is 5.92 Å². The number of aromatic nitrogens is 1. The van der Waals surface area contributed by atoms with Gasteiger partial charge in [0.1, 0.15) is 5.82 Å². The topological polar surface area (TPSA) is 93.2 Å². The lowest BCUT2D eigenvalue weighted by Gasteiger charge is -2.33. The SMILES string of the molecule is CCC/C(=C\C=C(/C)C#N)CN1CCC(/C(N)=C2/NC=Nc3[nH]ccc32)CC1. The molecule has 6 nitrogen and oxygen atoms in total. The van der Waals surface area contributed by atoms with Crippen molar-refractivity contribution in [3.05, 3.63) is 46.8 Å². The van der Waals surface area contributed by atoms with Crippen molar-refractivity contribution in [2.24, 2.45) is 16.6 Å². The van der Waals surface area contributed by atoms with Crippen LogP contribution in [-0.4, -0.2) is 35.9 Å². The van der Waals surface area contributed by atoms with Crippen LogP contribution >= 0.6 is 0 Å². The summed E-state index contributed by atoms with van der Waals surface area (Å²) in [5, 5.41) is 12.2. The Kier molecular flexibility index (Phi) is 6.72. The third-order valence-corrected chi connectivity index (χ3v) is 5.46. The summed E-state index contributed by atoms with van der Waals surface area (Å²) in [6, 6.07) is 4.21. The zero-order valence-corrected chi connectivity index (χ0v) is 16.8. The fourth-order valence-corrected chi connectivity index (χ4v) is 3.86. The number of nitrogens with one attached hydrogen (secondary N) is 2. The van der Waals surface area contributed by atoms with Crippen molar-refractivity contribution in [3.8, 4) is 6.07 Å². The highest BCUT2D eigenvalue weighted by Crippen LogP contribution is 2.32. The molecule has 0 spiro atoms. The molecule has 0 aliphatic carbocycles. The van der Waals surface area contributed by atoms with E-state index in [1.807, 2.05) is 25.3 Å². The van der Waals surface area contributed by atoms with Gasteiger partial charge in [0.25, 0.3) is 0 Å². The van der Waals surface area contributed by atoms with Gasteiger partial charge in [-0.25, -0.2) is 4.99 Å². The summed E-state index contributed by atoms with van der Waals surface area (Å²) in [4.78, 5) is 9.95. The van der Waals surface area contributed by atoms with Crippen LogP contribution in [0.15, 0.2) is 46.3 Å². The fourth-order valence-electron chi connectivity index (χ4n) is 3.86. The highest BCUT2D eigenvalue weighted by Gasteiger charge is 2.25. The summed E-state index contributed by atoms with van der Waals surface area (Å²) in [6.45, 7) is 7.09. The second-order valence-corrected chi connectivity index (χ2v) is 7.56. The smallest absolute Gasteiger partial charge is 0.141 e. The number of nitrogens with zero attached hydrogens (tertiary/aromatic N) is 3. The van der Waals surface area contributed by atoms with Gasteiger partial charge in [0, 0.05) is 35.5 Å². The Bertz CT molecular complexity index is 841. The average molecular weight is 379 g/mol. The van der Waals surface area contributed by atoms with E-state index in [1.54, 1.807) is 6.34 Å². The number of hydrogen-bond acceptors (Lipinski definition) is 5. The Labute approximate surface area is 167 Å². The molecule has 0 amide bonds. The predicted octanol–water partition coefficient (Wildman–Crippen LogP) is 3.81. The lowest BCUT2D eigenvalue weighted by Crippen LogP contribution is -2.37. The Morgan fingerprint density at radius 3 is 2.89 bits per heavy atom. The van der Waals surface area contributed by atoms with Crippen molar-refractivity contribution >= 4 is 17.9 Å². The van der Waals surface area contributed by atoms with E-state index in [9.17, 15) is 0 Å². The van der Waals surface area contributed by atoms with Gasteiger partial charge in [-0.05, 0) is 51.4 Å². The van der Waals surface area contributed by atoms with Gasteiger partial charge in [0.05, 0.1) is 18.1 Å². The number of aliphatic imine (C=N–C) groups is 1. The third kappa shape index (κ3) is 4.73. The van der Waals surface area contributed by atoms with Crippen molar-refractivity contribution in [2.45, 2.75) is 39.5 Å². The molecule has 3 rings (SSSR count). The van der Waals surface area contributed by atoms with Crippen LogP contribution < -0.4 is 11.1 Å². The van der Waals surface area contributed by atoms with Crippen LogP contribution in [0.1, 0.15) is 45.1 Å². The largest absolute Gasteiger partial charge is 0.400 e. The van der Waals surface area contributed by atoms with Crippen molar-refractivity contribution in [1.29, 1.82) is 5.26 Å². The minimum Gasteiger partial charge on any atom is -0.400 e. The van der Waals surface area contributed by atoms with Gasteiger partial charge in [0.2, 0.25) is 0 Å². The number of aromatic amines is 1. The summed E-state index contributed by atoms with van der Waals surface area (Å²) in [5.74, 6) is 1.25. The molecular weight excluding hydrogens is 348 g/mol. The maximum atomic E-state index is 8.95. The van der Waals surface area contributed by atoms with Crippen molar-refractivity contribution in [2.75, 3.05) is 19.6 Å². The third-order valence-electron chi connectivity index (χ3n) is 5.46. The molecule has 2 aliphatic rings. The molecule has 0 radical (unpaired) electrons. The highest BCUT2D eigenvalue weighted by atomic mass is 15.1. The zero-order chi connectivity index (χ0) is 19.9. The van der Waals surface area contributed by atoms with Crippen LogP contribution in [0, 0.1) is 17.2 Å². The molecule has 1 saturated heterocycles. The number of nitriles is 1. The summed E-state index contributed by atoms with van der Waals surface area (Å²) in [5.41, 5.74) is 11.7. The fraction of sp³-hybridized carbons (Fsp3) is 0.455. The summed E-state index contributed by atoms with van der Waals surface area (Å²) >= 11 is 0. The normalized spacial score (nSPS) is 20.5. The maximum Gasteiger partial charge on any atom is 0.141 e. The number of H-pyrrole nitrogens is 1. The molecule has 4 N–H and O–H groups in total. The quantitative estimate of drug-likeness (QED) is 0.518. The molecule has 28 heavy (non-hydrogen) atoms. The lowest BCUT2D eigenvalue weighted by atomic mass is 9.91. The maximum absolute atomic E-state index is 8.95. The molecule has 148 valence electrons. The predicted molar refractivity (Wildman–Crippen MR) is 115 cm³/mol. The van der Waals surface area contributed by atoms with E-state index in [2.05, 4.69) is 39.3 Å². The van der Waals surface area contributed by atoms with Gasteiger partial charge in [-0.1, -0.05) is 25.0 Å². The van der Waals surface area contributed by atoms with Crippen LogP contribution in [0.5, 0.6) is 0 Å². The van der Waals surface area contributed by atoms with Crippen LogP contribution in [-0.2, 0) is 0 Å². The van der Waals surface area contributed by atoms with E-state index in [1.165, 1.54) is 5.57 Å². The van der Waals surface area contributed by atoms with Gasteiger partial charge in [-0.2, -0.15) is 5.26 Å². The van der Waals surface area contributed by atoms with Gasteiger partial charge < -0.3 is 16.0 Å². The van der Waals surface area contributed by atoms with Gasteiger partial charge in [-0.3, -0.25) is 4.90 Å². The van der Waals surface area contributed by atoms with Crippen molar-refractivity contribution < 1.29 is 0 Å². The van der Waals surface area contributed by atoms with Gasteiger partial charge in [0.15, 0.2) is 0 Å². The van der Waals surface area contributed by atoms with E-state index < -0.39 is 0 Å². The number of piperidine rings is 1. The molecule has 0 aromatic carbocycles. The summed E-state index contributed by atoms with van der Waals surface area (Å²) in [6.07, 6.45) is 12.0. The first-order valence-electron chi connectivity index (χ1n) is 10.1. The Morgan fingerprint density at radius 1 is 1.39 bits per heavy atom. The van der Waals surface area contributed by atoms with E-state index >= 15 is 0 Å². The monoisotopic (exact) mass is 378 g/mol. The summed E-state index contributed by atoms with van der Waals surface area (Å²) < 4.78 is 0. The van der Waals surface area contributed by atoms with Crippen LogP contribution in [0.3, 0.4) is 0 Å². The number of nitrogens with two attached hydrogens (primary N) is 1. The van der Waals surface area contributed by atoms with Gasteiger partial charge in [-0.15, -0.1) is 0 Å². The number of rotatable bonds is 6. The van der Waals surface area contributed by atoms with Crippen LogP contribution in [0.25, 0.3) is 5.70 Å². The highest BCUT2D eigenvalue weighted by molar-refractivity contribution is 5.87. The number of allylic oxidation sites excluding steroid dienone is 4. The first-order chi connectivity index (χ1) is 13.6. The molecule has 0 atom stereocenters. The Hall–Kier alpha value is -2.78. The molecule has 0 unspecified atom stereocenters. The van der Waals surface area contributed by atoms with Crippen LogP contribution in [0.4, 0.5) is 5.82 Å². The van der Waals surface area contributed by atoms with E-state index in [0.717, 1.165) is 73.7 Å². The Morgan fingerprint density at radius 2 is 2.18 bits per heavy atom. The first-order valence-corrected chi connectivity index (χ1v) is 10.1.